The number of aromatic hydroxyl groups is 1. The van der Waals surface area contributed by atoms with Gasteiger partial charge in [-0.1, -0.05) is 34.1 Å². The van der Waals surface area contributed by atoms with Crippen LogP contribution in [0.25, 0.3) is 11.2 Å². The Balaban J connectivity index is 1.64. The summed E-state index contributed by atoms with van der Waals surface area (Å²) in [6.07, 6.45) is 0.368. The lowest BCUT2D eigenvalue weighted by molar-refractivity contribution is 0.0935. The standard InChI is InChI=1S/C23H23BrN6O5/c1-13-5-3-4-6-18(13)35-12-16(31)11-30-19-20(29(2)23(34)27-21(19)33)26-22(30)28-25-10-14-9-15(24)7-8-17(14)32/h3-10,16,31-32H,11-12H2,1-2H3,(H,26,28)(H,27,33,34). The minimum absolute atomic E-state index is 0.0230. The molecule has 182 valence electrons. The molecule has 0 radical (unpaired) electrons. The molecule has 4 N–H and O–H groups in total. The molecule has 1 atom stereocenters. The van der Waals surface area contributed by atoms with E-state index < -0.39 is 17.4 Å². The SMILES string of the molecule is Cc1ccccc1OCC(O)Cn1c(NN=Cc2cc(Br)ccc2O)nc2c1c(=O)[nH]c(=O)n2C. The van der Waals surface area contributed by atoms with Gasteiger partial charge in [0.15, 0.2) is 11.2 Å². The molecule has 35 heavy (non-hydrogen) atoms. The van der Waals surface area contributed by atoms with Crippen molar-refractivity contribution < 1.29 is 14.9 Å². The summed E-state index contributed by atoms with van der Waals surface area (Å²) < 4.78 is 9.10. The van der Waals surface area contributed by atoms with Gasteiger partial charge >= 0.3 is 5.69 Å². The van der Waals surface area contributed by atoms with Crippen molar-refractivity contribution in [3.8, 4) is 11.5 Å². The normalized spacial score (nSPS) is 12.3. The van der Waals surface area contributed by atoms with Crippen LogP contribution in [-0.4, -0.2) is 48.2 Å². The summed E-state index contributed by atoms with van der Waals surface area (Å²) in [5.41, 5.74) is 3.03. The van der Waals surface area contributed by atoms with Crippen molar-refractivity contribution in [2.24, 2.45) is 12.1 Å². The number of aromatic nitrogens is 4. The van der Waals surface area contributed by atoms with E-state index in [0.717, 1.165) is 10.0 Å². The van der Waals surface area contributed by atoms with Crippen LogP contribution in [0.15, 0.2) is 61.6 Å². The molecule has 0 bridgehead atoms. The molecule has 11 nitrogen and oxygen atoms in total. The smallest absolute Gasteiger partial charge is 0.329 e. The molecule has 2 aromatic carbocycles. The molecule has 0 saturated heterocycles. The van der Waals surface area contributed by atoms with Gasteiger partial charge in [0.05, 0.1) is 12.8 Å². The maximum absolute atomic E-state index is 12.6. The molecule has 0 amide bonds. The van der Waals surface area contributed by atoms with Gasteiger partial charge in [-0.05, 0) is 36.8 Å². The van der Waals surface area contributed by atoms with E-state index in [4.69, 9.17) is 4.74 Å². The molecule has 0 saturated carbocycles. The summed E-state index contributed by atoms with van der Waals surface area (Å²) in [6, 6.07) is 12.3. The molecule has 12 heteroatoms. The third-order valence-corrected chi connectivity index (χ3v) is 5.78. The number of hydrogen-bond acceptors (Lipinski definition) is 8. The molecule has 0 aliphatic heterocycles. The third-order valence-electron chi connectivity index (χ3n) is 5.28. The van der Waals surface area contributed by atoms with Gasteiger partial charge < -0.3 is 19.5 Å². The largest absolute Gasteiger partial charge is 0.507 e. The first kappa shape index (κ1) is 24.2. The molecular weight excluding hydrogens is 520 g/mol. The Bertz CT molecular complexity index is 1520. The number of anilines is 1. The topological polar surface area (TPSA) is 147 Å². The lowest BCUT2D eigenvalue weighted by Crippen LogP contribution is -2.30. The number of imidazole rings is 1. The third kappa shape index (κ3) is 5.28. The van der Waals surface area contributed by atoms with Gasteiger partial charge in [-0.2, -0.15) is 10.1 Å². The van der Waals surface area contributed by atoms with E-state index in [1.54, 1.807) is 18.2 Å². The van der Waals surface area contributed by atoms with E-state index >= 15 is 0 Å². The first-order chi connectivity index (χ1) is 16.7. The van der Waals surface area contributed by atoms with Crippen molar-refractivity contribution in [1.82, 2.24) is 19.1 Å². The molecular formula is C23H23BrN6O5. The van der Waals surface area contributed by atoms with E-state index in [-0.39, 0.29) is 36.0 Å². The number of halogens is 1. The number of benzene rings is 2. The van der Waals surface area contributed by atoms with Crippen LogP contribution in [0, 0.1) is 6.92 Å². The van der Waals surface area contributed by atoms with Gasteiger partial charge in [0.2, 0.25) is 5.95 Å². The van der Waals surface area contributed by atoms with Crippen LogP contribution in [0.5, 0.6) is 11.5 Å². The highest BCUT2D eigenvalue weighted by Gasteiger charge is 2.20. The van der Waals surface area contributed by atoms with Gasteiger partial charge in [-0.15, -0.1) is 0 Å². The summed E-state index contributed by atoms with van der Waals surface area (Å²) in [4.78, 5) is 31.3. The van der Waals surface area contributed by atoms with Crippen molar-refractivity contribution >= 4 is 39.3 Å². The monoisotopic (exact) mass is 542 g/mol. The molecule has 0 aliphatic rings. The second-order valence-electron chi connectivity index (χ2n) is 7.84. The van der Waals surface area contributed by atoms with Crippen LogP contribution < -0.4 is 21.4 Å². The van der Waals surface area contributed by atoms with Gasteiger partial charge in [0, 0.05) is 17.1 Å². The fraction of sp³-hybridized carbons (Fsp3) is 0.217. The Hall–Kier alpha value is -3.90. The number of rotatable bonds is 8. The number of aliphatic hydroxyl groups is 1. The zero-order chi connectivity index (χ0) is 25.1. The van der Waals surface area contributed by atoms with Crippen molar-refractivity contribution in [3.63, 3.8) is 0 Å². The van der Waals surface area contributed by atoms with Crippen molar-refractivity contribution in [1.29, 1.82) is 0 Å². The Kier molecular flexibility index (Phi) is 7.03. The Morgan fingerprint density at radius 3 is 2.83 bits per heavy atom. The number of nitrogens with one attached hydrogen (secondary N) is 2. The fourth-order valence-corrected chi connectivity index (χ4v) is 3.83. The molecule has 0 aliphatic carbocycles. The molecule has 2 aromatic heterocycles. The van der Waals surface area contributed by atoms with Crippen LogP contribution in [0.2, 0.25) is 0 Å². The number of hydrogen-bond donors (Lipinski definition) is 4. The number of ether oxygens (including phenoxy) is 1. The highest BCUT2D eigenvalue weighted by Crippen LogP contribution is 2.21. The zero-order valence-corrected chi connectivity index (χ0v) is 20.5. The Morgan fingerprint density at radius 2 is 2.06 bits per heavy atom. The van der Waals surface area contributed by atoms with E-state index in [0.29, 0.717) is 11.3 Å². The fourth-order valence-electron chi connectivity index (χ4n) is 3.45. The summed E-state index contributed by atoms with van der Waals surface area (Å²) in [6.45, 7) is 1.79. The second-order valence-corrected chi connectivity index (χ2v) is 8.76. The highest BCUT2D eigenvalue weighted by molar-refractivity contribution is 9.10. The van der Waals surface area contributed by atoms with Gasteiger partial charge in [-0.3, -0.25) is 14.3 Å². The number of aromatic amines is 1. The van der Waals surface area contributed by atoms with Crippen LogP contribution in [-0.2, 0) is 13.6 Å². The number of phenolic OH excluding ortho intramolecular Hbond substituents is 1. The average molecular weight is 543 g/mol. The number of para-hydroxylation sites is 1. The molecule has 4 aromatic rings. The number of hydrazone groups is 1. The first-order valence-corrected chi connectivity index (χ1v) is 11.4. The van der Waals surface area contributed by atoms with Crippen molar-refractivity contribution in [2.45, 2.75) is 19.6 Å². The predicted octanol–water partition coefficient (Wildman–Crippen LogP) is 2.09. The van der Waals surface area contributed by atoms with E-state index in [9.17, 15) is 19.8 Å². The average Bonchev–Trinajstić information content (AvgIpc) is 3.18. The molecule has 0 fully saturated rings. The number of aliphatic hydroxyl groups excluding tert-OH is 1. The summed E-state index contributed by atoms with van der Waals surface area (Å²) in [5.74, 6) is 0.779. The predicted molar refractivity (Wildman–Crippen MR) is 135 cm³/mol. The second kappa shape index (κ2) is 10.2. The van der Waals surface area contributed by atoms with Crippen LogP contribution in [0.4, 0.5) is 5.95 Å². The summed E-state index contributed by atoms with van der Waals surface area (Å²) >= 11 is 3.33. The van der Waals surface area contributed by atoms with Gasteiger partial charge in [0.25, 0.3) is 5.56 Å². The van der Waals surface area contributed by atoms with Crippen LogP contribution in [0.3, 0.4) is 0 Å². The lowest BCUT2D eigenvalue weighted by atomic mass is 10.2. The first-order valence-electron chi connectivity index (χ1n) is 10.6. The number of nitrogens with zero attached hydrogens (tertiary/aromatic N) is 4. The Labute approximate surface area is 207 Å². The van der Waals surface area contributed by atoms with E-state index in [1.807, 2.05) is 25.1 Å². The van der Waals surface area contributed by atoms with Crippen LogP contribution in [0.1, 0.15) is 11.1 Å². The highest BCUT2D eigenvalue weighted by atomic mass is 79.9. The summed E-state index contributed by atoms with van der Waals surface area (Å²) in [7, 11) is 1.47. The zero-order valence-electron chi connectivity index (χ0n) is 18.9. The molecule has 1 unspecified atom stereocenters. The summed E-state index contributed by atoms with van der Waals surface area (Å²) in [5, 5.41) is 24.8. The minimum atomic E-state index is -1.01. The van der Waals surface area contributed by atoms with E-state index in [2.05, 4.69) is 36.4 Å². The van der Waals surface area contributed by atoms with Crippen molar-refractivity contribution in [3.05, 3.63) is 78.9 Å². The van der Waals surface area contributed by atoms with E-state index in [1.165, 1.54) is 28.5 Å². The maximum atomic E-state index is 12.6. The molecule has 0 spiro atoms. The number of H-pyrrole nitrogens is 1. The van der Waals surface area contributed by atoms with Crippen molar-refractivity contribution in [2.75, 3.05) is 12.0 Å². The lowest BCUT2D eigenvalue weighted by Gasteiger charge is -2.16. The number of aryl methyl sites for hydroxylation is 2. The van der Waals surface area contributed by atoms with Crippen LogP contribution >= 0.6 is 15.9 Å². The quantitative estimate of drug-likeness (QED) is 0.197. The molecule has 2 heterocycles. The minimum Gasteiger partial charge on any atom is -0.507 e. The number of phenols is 1. The maximum Gasteiger partial charge on any atom is 0.329 e. The molecule has 4 rings (SSSR count). The van der Waals surface area contributed by atoms with Gasteiger partial charge in [0.1, 0.15) is 24.2 Å². The Morgan fingerprint density at radius 1 is 1.29 bits per heavy atom. The van der Waals surface area contributed by atoms with Gasteiger partial charge in [-0.25, -0.2) is 10.2 Å². The number of fused-ring (bicyclic) bond motifs is 1.